The Labute approximate surface area is 133 Å². The molecule has 21 heavy (non-hydrogen) atoms. The number of carbonyl (C=O) groups excluding carboxylic acids is 1. The smallest absolute Gasteiger partial charge is 0.307 e. The number of carbonyl (C=O) groups is 2. The minimum atomic E-state index is -0.866. The maximum atomic E-state index is 12.5. The number of anilines is 1. The Morgan fingerprint density at radius 2 is 1.81 bits per heavy atom. The third kappa shape index (κ3) is 3.64. The predicted molar refractivity (Wildman–Crippen MR) is 85.3 cm³/mol. The Balaban J connectivity index is 2.19. The molecule has 1 aromatic carbocycles. The lowest BCUT2D eigenvalue weighted by molar-refractivity contribution is -0.147. The minimum Gasteiger partial charge on any atom is -0.481 e. The summed E-state index contributed by atoms with van der Waals surface area (Å²) in [7, 11) is 0. The van der Waals surface area contributed by atoms with Gasteiger partial charge in [-0.05, 0) is 59.8 Å². The van der Waals surface area contributed by atoms with Crippen molar-refractivity contribution in [3.63, 3.8) is 0 Å². The van der Waals surface area contributed by atoms with Crippen molar-refractivity contribution in [2.24, 2.45) is 11.8 Å². The molecular formula is C16H20BrNO3. The molecule has 2 rings (SSSR count). The Bertz CT molecular complexity index is 548. The highest BCUT2D eigenvalue weighted by Crippen LogP contribution is 2.33. The molecule has 2 atom stereocenters. The van der Waals surface area contributed by atoms with Gasteiger partial charge in [0, 0.05) is 4.47 Å². The standard InChI is InChI=1S/C16H20BrNO3/c1-9-7-10(2)14(13(17)8-9)18-15(19)11-5-3-4-6-12(11)16(20)21/h7-8,11-12H,3-6H2,1-2H3,(H,18,19)(H,20,21). The first-order valence-corrected chi connectivity index (χ1v) is 8.00. The SMILES string of the molecule is Cc1cc(C)c(NC(=O)C2CCCCC2C(=O)O)c(Br)c1. The zero-order chi connectivity index (χ0) is 15.6. The number of benzene rings is 1. The first-order chi connectivity index (χ1) is 9.90. The van der Waals surface area contributed by atoms with Crippen LogP contribution in [0.25, 0.3) is 0 Å². The fourth-order valence-electron chi connectivity index (χ4n) is 3.03. The summed E-state index contributed by atoms with van der Waals surface area (Å²) in [4.78, 5) is 23.8. The third-order valence-corrected chi connectivity index (χ3v) is 4.73. The fraction of sp³-hybridized carbons (Fsp3) is 0.500. The molecule has 0 bridgehead atoms. The van der Waals surface area contributed by atoms with E-state index in [2.05, 4.69) is 21.2 Å². The predicted octanol–water partition coefficient (Wildman–Crippen LogP) is 3.90. The number of carboxylic acids is 1. The summed E-state index contributed by atoms with van der Waals surface area (Å²) in [6.07, 6.45) is 3.02. The largest absolute Gasteiger partial charge is 0.481 e. The number of hydrogen-bond acceptors (Lipinski definition) is 2. The van der Waals surface area contributed by atoms with E-state index in [4.69, 9.17) is 0 Å². The molecule has 5 heteroatoms. The van der Waals surface area contributed by atoms with Crippen LogP contribution in [-0.4, -0.2) is 17.0 Å². The topological polar surface area (TPSA) is 66.4 Å². The summed E-state index contributed by atoms with van der Waals surface area (Å²) in [6.45, 7) is 3.92. The molecule has 1 aromatic rings. The fourth-order valence-corrected chi connectivity index (χ4v) is 3.80. The molecule has 114 valence electrons. The Morgan fingerprint density at radius 1 is 1.19 bits per heavy atom. The second kappa shape index (κ2) is 6.60. The molecule has 2 unspecified atom stereocenters. The van der Waals surface area contributed by atoms with Gasteiger partial charge in [-0.3, -0.25) is 9.59 Å². The minimum absolute atomic E-state index is 0.185. The highest BCUT2D eigenvalue weighted by molar-refractivity contribution is 9.10. The first kappa shape index (κ1) is 16.0. The van der Waals surface area contributed by atoms with Crippen LogP contribution in [0.5, 0.6) is 0 Å². The number of halogens is 1. The molecule has 0 aliphatic heterocycles. The highest BCUT2D eigenvalue weighted by atomic mass is 79.9. The van der Waals surface area contributed by atoms with E-state index in [0.29, 0.717) is 12.8 Å². The molecule has 0 heterocycles. The number of hydrogen-bond donors (Lipinski definition) is 2. The molecule has 1 fully saturated rings. The van der Waals surface area contributed by atoms with Crippen LogP contribution in [-0.2, 0) is 9.59 Å². The molecule has 4 nitrogen and oxygen atoms in total. The average molecular weight is 354 g/mol. The molecule has 1 amide bonds. The zero-order valence-electron chi connectivity index (χ0n) is 12.3. The molecule has 0 spiro atoms. The van der Waals surface area contributed by atoms with Gasteiger partial charge in [0.05, 0.1) is 17.5 Å². The summed E-state index contributed by atoms with van der Waals surface area (Å²) in [5.74, 6) is -2.06. The van der Waals surface area contributed by atoms with Crippen molar-refractivity contribution >= 4 is 33.5 Å². The van der Waals surface area contributed by atoms with Gasteiger partial charge in [0.25, 0.3) is 0 Å². The van der Waals surface area contributed by atoms with E-state index in [1.54, 1.807) is 0 Å². The molecule has 2 N–H and O–H groups in total. The normalized spacial score (nSPS) is 21.9. The number of amides is 1. The van der Waals surface area contributed by atoms with Gasteiger partial charge in [0.1, 0.15) is 0 Å². The van der Waals surface area contributed by atoms with Gasteiger partial charge < -0.3 is 10.4 Å². The molecule has 0 saturated heterocycles. The van der Waals surface area contributed by atoms with Crippen LogP contribution in [0.1, 0.15) is 36.8 Å². The van der Waals surface area contributed by atoms with Crippen molar-refractivity contribution in [1.82, 2.24) is 0 Å². The van der Waals surface area contributed by atoms with Crippen LogP contribution in [0.15, 0.2) is 16.6 Å². The van der Waals surface area contributed by atoms with Crippen molar-refractivity contribution in [2.45, 2.75) is 39.5 Å². The quantitative estimate of drug-likeness (QED) is 0.865. The van der Waals surface area contributed by atoms with Gasteiger partial charge in [-0.2, -0.15) is 0 Å². The summed E-state index contributed by atoms with van der Waals surface area (Å²) in [5, 5.41) is 12.2. The van der Waals surface area contributed by atoms with Gasteiger partial charge in [-0.25, -0.2) is 0 Å². The maximum absolute atomic E-state index is 12.5. The monoisotopic (exact) mass is 353 g/mol. The number of carboxylic acid groups (broad SMARTS) is 1. The van der Waals surface area contributed by atoms with E-state index in [0.717, 1.165) is 34.1 Å². The van der Waals surface area contributed by atoms with Crippen molar-refractivity contribution in [3.8, 4) is 0 Å². The molecule has 1 saturated carbocycles. The van der Waals surface area contributed by atoms with E-state index in [1.165, 1.54) is 0 Å². The van der Waals surface area contributed by atoms with Crippen molar-refractivity contribution in [3.05, 3.63) is 27.7 Å². The third-order valence-electron chi connectivity index (χ3n) is 4.10. The molecule has 0 radical (unpaired) electrons. The molecular weight excluding hydrogens is 334 g/mol. The Morgan fingerprint density at radius 3 is 2.38 bits per heavy atom. The second-order valence-corrected chi connectivity index (χ2v) is 6.62. The van der Waals surface area contributed by atoms with Crippen LogP contribution < -0.4 is 5.32 Å². The van der Waals surface area contributed by atoms with Gasteiger partial charge in [-0.15, -0.1) is 0 Å². The van der Waals surface area contributed by atoms with E-state index < -0.39 is 17.8 Å². The Kier molecular flexibility index (Phi) is 5.04. The van der Waals surface area contributed by atoms with Crippen LogP contribution in [0, 0.1) is 25.7 Å². The summed E-state index contributed by atoms with van der Waals surface area (Å²) < 4.78 is 0.830. The highest BCUT2D eigenvalue weighted by Gasteiger charge is 2.35. The van der Waals surface area contributed by atoms with Crippen molar-refractivity contribution in [2.75, 3.05) is 5.32 Å². The van der Waals surface area contributed by atoms with Gasteiger partial charge in [-0.1, -0.05) is 18.9 Å². The summed E-state index contributed by atoms with van der Waals surface area (Å²) in [5.41, 5.74) is 2.82. The van der Waals surface area contributed by atoms with Crippen LogP contribution in [0.3, 0.4) is 0 Å². The average Bonchev–Trinajstić information content (AvgIpc) is 2.42. The van der Waals surface area contributed by atoms with E-state index in [-0.39, 0.29) is 5.91 Å². The van der Waals surface area contributed by atoms with E-state index in [1.807, 2.05) is 26.0 Å². The lowest BCUT2D eigenvalue weighted by Gasteiger charge is -2.27. The molecule has 1 aliphatic rings. The van der Waals surface area contributed by atoms with Gasteiger partial charge in [0.2, 0.25) is 5.91 Å². The Hall–Kier alpha value is -1.36. The summed E-state index contributed by atoms with van der Waals surface area (Å²) in [6, 6.07) is 3.94. The number of rotatable bonds is 3. The van der Waals surface area contributed by atoms with Gasteiger partial charge >= 0.3 is 5.97 Å². The van der Waals surface area contributed by atoms with Crippen LogP contribution in [0.2, 0.25) is 0 Å². The van der Waals surface area contributed by atoms with Crippen molar-refractivity contribution < 1.29 is 14.7 Å². The summed E-state index contributed by atoms with van der Waals surface area (Å²) >= 11 is 3.46. The molecule has 1 aliphatic carbocycles. The van der Waals surface area contributed by atoms with Gasteiger partial charge in [0.15, 0.2) is 0 Å². The number of aliphatic carboxylic acids is 1. The van der Waals surface area contributed by atoms with Crippen LogP contribution >= 0.6 is 15.9 Å². The lowest BCUT2D eigenvalue weighted by atomic mass is 9.78. The first-order valence-electron chi connectivity index (χ1n) is 7.20. The number of nitrogens with one attached hydrogen (secondary N) is 1. The lowest BCUT2D eigenvalue weighted by Crippen LogP contribution is -2.36. The van der Waals surface area contributed by atoms with E-state index >= 15 is 0 Å². The zero-order valence-corrected chi connectivity index (χ0v) is 13.9. The van der Waals surface area contributed by atoms with E-state index in [9.17, 15) is 14.7 Å². The molecule has 0 aromatic heterocycles. The van der Waals surface area contributed by atoms with Crippen molar-refractivity contribution in [1.29, 1.82) is 0 Å². The number of aryl methyl sites for hydroxylation is 2. The maximum Gasteiger partial charge on any atom is 0.307 e. The van der Waals surface area contributed by atoms with Crippen LogP contribution in [0.4, 0.5) is 5.69 Å². The second-order valence-electron chi connectivity index (χ2n) is 5.76.